The molecule has 3 heteroatoms. The Bertz CT molecular complexity index is 352. The van der Waals surface area contributed by atoms with Crippen molar-refractivity contribution < 1.29 is 9.47 Å². The van der Waals surface area contributed by atoms with Crippen LogP contribution in [0.3, 0.4) is 0 Å². The third-order valence-corrected chi connectivity index (χ3v) is 2.72. The van der Waals surface area contributed by atoms with Gasteiger partial charge in [-0.25, -0.2) is 0 Å². The van der Waals surface area contributed by atoms with Gasteiger partial charge in [0.1, 0.15) is 0 Å². The molecule has 0 aromatic heterocycles. The molecule has 0 saturated carbocycles. The fourth-order valence-electron chi connectivity index (χ4n) is 1.88. The van der Waals surface area contributed by atoms with E-state index in [1.165, 1.54) is 12.0 Å². The molecule has 0 saturated heterocycles. The van der Waals surface area contributed by atoms with Crippen molar-refractivity contribution in [3.05, 3.63) is 23.8 Å². The first-order valence-corrected chi connectivity index (χ1v) is 5.91. The molecular formula is C13H19NO2. The first kappa shape index (κ1) is 11.3. The van der Waals surface area contributed by atoms with E-state index in [1.54, 1.807) is 0 Å². The van der Waals surface area contributed by atoms with E-state index in [-0.39, 0.29) is 0 Å². The fraction of sp³-hybridized carbons (Fsp3) is 0.538. The van der Waals surface area contributed by atoms with Gasteiger partial charge in [-0.15, -0.1) is 0 Å². The van der Waals surface area contributed by atoms with E-state index in [4.69, 9.17) is 9.47 Å². The van der Waals surface area contributed by atoms with Gasteiger partial charge in [-0.05, 0) is 44.0 Å². The minimum absolute atomic E-state index is 0.350. The van der Waals surface area contributed by atoms with Crippen LogP contribution in [0.1, 0.15) is 25.8 Å². The predicted molar refractivity (Wildman–Crippen MR) is 64.0 cm³/mol. The third kappa shape index (κ3) is 2.67. The summed E-state index contributed by atoms with van der Waals surface area (Å²) < 4.78 is 10.6. The first-order valence-electron chi connectivity index (χ1n) is 5.91. The van der Waals surface area contributed by atoms with E-state index in [0.29, 0.717) is 12.8 Å². The average molecular weight is 221 g/mol. The summed E-state index contributed by atoms with van der Waals surface area (Å²) in [6.45, 7) is 5.81. The number of hydrogen-bond donors (Lipinski definition) is 1. The molecule has 16 heavy (non-hydrogen) atoms. The van der Waals surface area contributed by atoms with Crippen molar-refractivity contribution in [2.45, 2.75) is 32.7 Å². The number of benzene rings is 1. The van der Waals surface area contributed by atoms with Crippen LogP contribution in [0.15, 0.2) is 18.2 Å². The summed E-state index contributed by atoms with van der Waals surface area (Å²) in [4.78, 5) is 0. The van der Waals surface area contributed by atoms with Gasteiger partial charge < -0.3 is 14.8 Å². The highest BCUT2D eigenvalue weighted by Crippen LogP contribution is 2.32. The van der Waals surface area contributed by atoms with Crippen LogP contribution in [0.2, 0.25) is 0 Å². The van der Waals surface area contributed by atoms with Crippen LogP contribution in [0.5, 0.6) is 11.5 Å². The maximum absolute atomic E-state index is 5.36. The fourth-order valence-corrected chi connectivity index (χ4v) is 1.88. The van der Waals surface area contributed by atoms with Crippen LogP contribution in [-0.2, 0) is 6.42 Å². The molecule has 0 radical (unpaired) electrons. The Hall–Kier alpha value is -1.22. The zero-order valence-electron chi connectivity index (χ0n) is 9.95. The van der Waals surface area contributed by atoms with Crippen molar-refractivity contribution in [2.75, 3.05) is 13.3 Å². The van der Waals surface area contributed by atoms with Gasteiger partial charge in [-0.3, -0.25) is 0 Å². The lowest BCUT2D eigenvalue weighted by Crippen LogP contribution is -2.28. The summed E-state index contributed by atoms with van der Waals surface area (Å²) in [7, 11) is 0. The first-order chi connectivity index (χ1) is 7.79. The van der Waals surface area contributed by atoms with Crippen LogP contribution < -0.4 is 14.8 Å². The number of rotatable bonds is 5. The lowest BCUT2D eigenvalue weighted by atomic mass is 10.1. The standard InChI is InChI=1S/C13H19NO2/c1-3-6-14-10(2)7-11-4-5-12-13(8-11)16-9-15-12/h4-5,8,10,14H,3,6-7,9H2,1-2H3/t10-/m0/s1. The van der Waals surface area contributed by atoms with E-state index >= 15 is 0 Å². The molecule has 1 aromatic carbocycles. The highest BCUT2D eigenvalue weighted by atomic mass is 16.7. The average Bonchev–Trinajstić information content (AvgIpc) is 2.73. The van der Waals surface area contributed by atoms with Crippen LogP contribution >= 0.6 is 0 Å². The van der Waals surface area contributed by atoms with Gasteiger partial charge in [-0.2, -0.15) is 0 Å². The van der Waals surface area contributed by atoms with Crippen LogP contribution in [0.4, 0.5) is 0 Å². The lowest BCUT2D eigenvalue weighted by molar-refractivity contribution is 0.174. The quantitative estimate of drug-likeness (QED) is 0.828. The zero-order valence-corrected chi connectivity index (χ0v) is 9.95. The van der Waals surface area contributed by atoms with Gasteiger partial charge >= 0.3 is 0 Å². The minimum Gasteiger partial charge on any atom is -0.454 e. The molecule has 1 N–H and O–H groups in total. The molecule has 1 heterocycles. The molecule has 0 amide bonds. The normalized spacial score (nSPS) is 15.1. The Labute approximate surface area is 96.8 Å². The van der Waals surface area contributed by atoms with E-state index in [9.17, 15) is 0 Å². The highest BCUT2D eigenvalue weighted by Gasteiger charge is 2.13. The van der Waals surface area contributed by atoms with Crippen molar-refractivity contribution >= 4 is 0 Å². The molecule has 0 fully saturated rings. The largest absolute Gasteiger partial charge is 0.454 e. The van der Waals surface area contributed by atoms with Crippen LogP contribution in [0.25, 0.3) is 0 Å². The Morgan fingerprint density at radius 3 is 2.94 bits per heavy atom. The summed E-state index contributed by atoms with van der Waals surface area (Å²) in [5.41, 5.74) is 1.29. The molecule has 1 aliphatic heterocycles. The molecule has 2 rings (SSSR count). The number of nitrogens with one attached hydrogen (secondary N) is 1. The second kappa shape index (κ2) is 5.21. The second-order valence-electron chi connectivity index (χ2n) is 4.25. The van der Waals surface area contributed by atoms with Crippen molar-refractivity contribution in [3.63, 3.8) is 0 Å². The molecule has 1 aromatic rings. The maximum Gasteiger partial charge on any atom is 0.231 e. The summed E-state index contributed by atoms with van der Waals surface area (Å²) >= 11 is 0. The number of hydrogen-bond acceptors (Lipinski definition) is 3. The SMILES string of the molecule is CCCN[C@@H](C)Cc1ccc2c(c1)OCO2. The molecular weight excluding hydrogens is 202 g/mol. The smallest absolute Gasteiger partial charge is 0.231 e. The van der Waals surface area contributed by atoms with E-state index in [1.807, 2.05) is 6.07 Å². The molecule has 0 spiro atoms. The molecule has 0 bridgehead atoms. The molecule has 1 aliphatic rings. The Balaban J connectivity index is 1.94. The Morgan fingerprint density at radius 2 is 2.12 bits per heavy atom. The van der Waals surface area contributed by atoms with Crippen molar-refractivity contribution in [1.29, 1.82) is 0 Å². The van der Waals surface area contributed by atoms with Gasteiger partial charge in [0, 0.05) is 6.04 Å². The van der Waals surface area contributed by atoms with E-state index in [0.717, 1.165) is 24.5 Å². The number of fused-ring (bicyclic) bond motifs is 1. The molecule has 88 valence electrons. The zero-order chi connectivity index (χ0) is 11.4. The third-order valence-electron chi connectivity index (χ3n) is 2.72. The van der Waals surface area contributed by atoms with Crippen LogP contribution in [-0.4, -0.2) is 19.4 Å². The number of ether oxygens (including phenoxy) is 2. The Kier molecular flexibility index (Phi) is 3.67. The highest BCUT2D eigenvalue weighted by molar-refractivity contribution is 5.44. The topological polar surface area (TPSA) is 30.5 Å². The minimum atomic E-state index is 0.350. The van der Waals surface area contributed by atoms with Crippen molar-refractivity contribution in [2.24, 2.45) is 0 Å². The molecule has 0 unspecified atom stereocenters. The van der Waals surface area contributed by atoms with Gasteiger partial charge in [0.15, 0.2) is 11.5 Å². The summed E-state index contributed by atoms with van der Waals surface area (Å²) in [6, 6.07) is 6.68. The Morgan fingerprint density at radius 1 is 1.31 bits per heavy atom. The summed E-state index contributed by atoms with van der Waals surface area (Å²) in [6.07, 6.45) is 2.20. The van der Waals surface area contributed by atoms with Gasteiger partial charge in [0.2, 0.25) is 6.79 Å². The second-order valence-corrected chi connectivity index (χ2v) is 4.25. The van der Waals surface area contributed by atoms with Crippen molar-refractivity contribution in [1.82, 2.24) is 5.32 Å². The van der Waals surface area contributed by atoms with Crippen molar-refractivity contribution in [3.8, 4) is 11.5 Å². The summed E-state index contributed by atoms with van der Waals surface area (Å²) in [5.74, 6) is 1.73. The van der Waals surface area contributed by atoms with Gasteiger partial charge in [0.25, 0.3) is 0 Å². The monoisotopic (exact) mass is 221 g/mol. The van der Waals surface area contributed by atoms with Gasteiger partial charge in [0.05, 0.1) is 0 Å². The lowest BCUT2D eigenvalue weighted by Gasteiger charge is -2.13. The van der Waals surface area contributed by atoms with Gasteiger partial charge in [-0.1, -0.05) is 13.0 Å². The predicted octanol–water partition coefficient (Wildman–Crippen LogP) is 2.35. The maximum atomic E-state index is 5.36. The molecule has 1 atom stereocenters. The van der Waals surface area contributed by atoms with Crippen LogP contribution in [0, 0.1) is 0 Å². The molecule has 0 aliphatic carbocycles. The molecule has 3 nitrogen and oxygen atoms in total. The van der Waals surface area contributed by atoms with E-state index in [2.05, 4.69) is 31.3 Å². The van der Waals surface area contributed by atoms with E-state index < -0.39 is 0 Å². The summed E-state index contributed by atoms with van der Waals surface area (Å²) in [5, 5.41) is 3.48.